The summed E-state index contributed by atoms with van der Waals surface area (Å²) in [5.74, 6) is -0.388. The van der Waals surface area contributed by atoms with Crippen molar-refractivity contribution in [3.63, 3.8) is 0 Å². The number of hydrogen-bond donors (Lipinski definition) is 1. The number of halogens is 1. The first kappa shape index (κ1) is 17.4. The Hall–Kier alpha value is -2.47. The number of piperidine rings is 1. The van der Waals surface area contributed by atoms with Crippen LogP contribution in [0.25, 0.3) is 0 Å². The van der Waals surface area contributed by atoms with Crippen LogP contribution in [0, 0.1) is 11.7 Å². The zero-order valence-corrected chi connectivity index (χ0v) is 14.2. The average Bonchev–Trinajstić information content (AvgIpc) is 2.58. The highest BCUT2D eigenvalue weighted by atomic mass is 19.1. The zero-order valence-electron chi connectivity index (χ0n) is 14.2. The number of carbonyl (C=O) groups excluding carboxylic acids is 1. The van der Waals surface area contributed by atoms with Crippen molar-refractivity contribution in [1.82, 2.24) is 9.47 Å². The molecular formula is C19H22FN3O2. The number of amides is 1. The third-order valence-corrected chi connectivity index (χ3v) is 4.52. The molecule has 25 heavy (non-hydrogen) atoms. The summed E-state index contributed by atoms with van der Waals surface area (Å²) in [5.41, 5.74) is 1.42. The van der Waals surface area contributed by atoms with Gasteiger partial charge in [-0.3, -0.25) is 14.5 Å². The number of pyridine rings is 1. The summed E-state index contributed by atoms with van der Waals surface area (Å²) < 4.78 is 14.8. The van der Waals surface area contributed by atoms with Gasteiger partial charge in [-0.05, 0) is 43.1 Å². The predicted octanol–water partition coefficient (Wildman–Crippen LogP) is 2.38. The van der Waals surface area contributed by atoms with Crippen LogP contribution in [0.5, 0.6) is 0 Å². The monoisotopic (exact) mass is 343 g/mol. The maximum atomic E-state index is 13.3. The summed E-state index contributed by atoms with van der Waals surface area (Å²) in [5, 5.41) is 2.89. The Morgan fingerprint density at radius 2 is 2.16 bits per heavy atom. The molecule has 3 rings (SSSR count). The summed E-state index contributed by atoms with van der Waals surface area (Å²) in [7, 11) is 1.65. The number of aryl methyl sites for hydroxylation is 1. The normalized spacial score (nSPS) is 18.1. The van der Waals surface area contributed by atoms with Crippen LogP contribution in [0.1, 0.15) is 18.4 Å². The highest BCUT2D eigenvalue weighted by molar-refractivity contribution is 5.92. The molecule has 1 amide bonds. The van der Waals surface area contributed by atoms with Crippen LogP contribution in [0.4, 0.5) is 10.1 Å². The first-order chi connectivity index (χ1) is 12.0. The lowest BCUT2D eigenvalue weighted by Crippen LogP contribution is -2.40. The molecule has 1 aliphatic rings. The summed E-state index contributed by atoms with van der Waals surface area (Å²) in [4.78, 5) is 26.1. The molecule has 1 aromatic carbocycles. The third-order valence-electron chi connectivity index (χ3n) is 4.52. The molecule has 5 nitrogen and oxygen atoms in total. The quantitative estimate of drug-likeness (QED) is 0.927. The van der Waals surface area contributed by atoms with Crippen molar-refractivity contribution in [3.05, 3.63) is 64.3 Å². The Bertz CT molecular complexity index is 818. The number of benzene rings is 1. The van der Waals surface area contributed by atoms with Gasteiger partial charge in [0.25, 0.3) is 0 Å². The smallest absolute Gasteiger partial charge is 0.250 e. The molecule has 6 heteroatoms. The van der Waals surface area contributed by atoms with E-state index in [9.17, 15) is 14.0 Å². The number of likely N-dealkylation sites (tertiary alicyclic amines) is 1. The van der Waals surface area contributed by atoms with Crippen molar-refractivity contribution in [2.24, 2.45) is 13.0 Å². The topological polar surface area (TPSA) is 54.3 Å². The fourth-order valence-corrected chi connectivity index (χ4v) is 3.22. The number of carbonyl (C=O) groups is 1. The fraction of sp³-hybridized carbons (Fsp3) is 0.368. The van der Waals surface area contributed by atoms with E-state index < -0.39 is 0 Å². The second kappa shape index (κ2) is 7.61. The van der Waals surface area contributed by atoms with E-state index in [1.807, 2.05) is 6.07 Å². The Balaban J connectivity index is 1.61. The second-order valence-electron chi connectivity index (χ2n) is 6.56. The number of hydrogen-bond acceptors (Lipinski definition) is 3. The van der Waals surface area contributed by atoms with Crippen LogP contribution in [-0.4, -0.2) is 28.5 Å². The summed E-state index contributed by atoms with van der Waals surface area (Å²) in [6, 6.07) is 9.63. The minimum Gasteiger partial charge on any atom is -0.325 e. The number of anilines is 1. The van der Waals surface area contributed by atoms with Gasteiger partial charge >= 0.3 is 0 Å². The zero-order chi connectivity index (χ0) is 17.8. The minimum atomic E-state index is -0.238. The van der Waals surface area contributed by atoms with E-state index in [1.165, 1.54) is 22.8 Å². The predicted molar refractivity (Wildman–Crippen MR) is 94.7 cm³/mol. The number of aromatic nitrogens is 1. The molecule has 1 N–H and O–H groups in total. The van der Waals surface area contributed by atoms with Gasteiger partial charge < -0.3 is 9.88 Å². The highest BCUT2D eigenvalue weighted by Gasteiger charge is 2.26. The van der Waals surface area contributed by atoms with Gasteiger partial charge in [-0.2, -0.15) is 0 Å². The molecule has 0 radical (unpaired) electrons. The van der Waals surface area contributed by atoms with Crippen LogP contribution in [-0.2, 0) is 18.4 Å². The largest absolute Gasteiger partial charge is 0.325 e. The van der Waals surface area contributed by atoms with E-state index in [1.54, 1.807) is 25.4 Å². The van der Waals surface area contributed by atoms with E-state index in [0.717, 1.165) is 24.9 Å². The Morgan fingerprint density at radius 1 is 1.32 bits per heavy atom. The van der Waals surface area contributed by atoms with Crippen molar-refractivity contribution < 1.29 is 9.18 Å². The van der Waals surface area contributed by atoms with Crippen LogP contribution >= 0.6 is 0 Å². The molecule has 1 fully saturated rings. The molecule has 1 aromatic heterocycles. The van der Waals surface area contributed by atoms with Crippen molar-refractivity contribution in [2.45, 2.75) is 19.4 Å². The maximum absolute atomic E-state index is 13.3. The summed E-state index contributed by atoms with van der Waals surface area (Å²) in [6.07, 6.45) is 3.38. The molecule has 1 atom stereocenters. The van der Waals surface area contributed by atoms with Crippen molar-refractivity contribution in [3.8, 4) is 0 Å². The van der Waals surface area contributed by atoms with Gasteiger partial charge in [0.15, 0.2) is 0 Å². The van der Waals surface area contributed by atoms with Gasteiger partial charge in [-0.25, -0.2) is 4.39 Å². The van der Waals surface area contributed by atoms with Crippen molar-refractivity contribution in [1.29, 1.82) is 0 Å². The van der Waals surface area contributed by atoms with Gasteiger partial charge in [0.2, 0.25) is 11.5 Å². The Labute approximate surface area is 146 Å². The minimum absolute atomic E-state index is 0.0393. The van der Waals surface area contributed by atoms with Crippen molar-refractivity contribution >= 4 is 11.6 Å². The lowest BCUT2D eigenvalue weighted by atomic mass is 9.96. The molecule has 132 valence electrons. The van der Waals surface area contributed by atoms with Crippen LogP contribution in [0.15, 0.2) is 47.4 Å². The van der Waals surface area contributed by atoms with Gasteiger partial charge in [0, 0.05) is 32.4 Å². The lowest BCUT2D eigenvalue weighted by Gasteiger charge is -2.32. The van der Waals surface area contributed by atoms with E-state index in [-0.39, 0.29) is 23.2 Å². The van der Waals surface area contributed by atoms with Crippen molar-refractivity contribution in [2.75, 3.05) is 18.4 Å². The third kappa shape index (κ3) is 4.54. The van der Waals surface area contributed by atoms with E-state index in [4.69, 9.17) is 0 Å². The fourth-order valence-electron chi connectivity index (χ4n) is 3.22. The van der Waals surface area contributed by atoms with Gasteiger partial charge in [-0.1, -0.05) is 12.1 Å². The number of nitrogens with zero attached hydrogens (tertiary/aromatic N) is 2. The molecule has 2 heterocycles. The first-order valence-electron chi connectivity index (χ1n) is 8.45. The lowest BCUT2D eigenvalue weighted by molar-refractivity contribution is -0.121. The average molecular weight is 343 g/mol. The molecular weight excluding hydrogens is 321 g/mol. The van der Waals surface area contributed by atoms with E-state index >= 15 is 0 Å². The maximum Gasteiger partial charge on any atom is 0.250 e. The Morgan fingerprint density at radius 3 is 2.92 bits per heavy atom. The standard InChI is InChI=1S/C19H22FN3O2/c1-22-13-17(7-8-18(22)24)21-19(25)15-5-3-9-23(12-15)11-14-4-2-6-16(20)10-14/h2,4,6-8,10,13,15H,3,5,9,11-12H2,1H3,(H,21,25)/t15-/m1/s1. The van der Waals surface area contributed by atoms with Gasteiger partial charge in [0.05, 0.1) is 11.6 Å². The molecule has 0 aliphatic carbocycles. The molecule has 0 spiro atoms. The van der Waals surface area contributed by atoms with E-state index in [2.05, 4.69) is 10.2 Å². The van der Waals surface area contributed by atoms with E-state index in [0.29, 0.717) is 18.8 Å². The molecule has 1 saturated heterocycles. The molecule has 0 unspecified atom stereocenters. The summed E-state index contributed by atoms with van der Waals surface area (Å²) >= 11 is 0. The molecule has 1 aliphatic heterocycles. The van der Waals surface area contributed by atoms with Crippen LogP contribution in [0.2, 0.25) is 0 Å². The SMILES string of the molecule is Cn1cc(NC(=O)[C@@H]2CCCN(Cc3cccc(F)c3)C2)ccc1=O. The first-order valence-corrected chi connectivity index (χ1v) is 8.45. The molecule has 0 saturated carbocycles. The van der Waals surface area contributed by atoms with Crippen LogP contribution < -0.4 is 10.9 Å². The van der Waals surface area contributed by atoms with Crippen LogP contribution in [0.3, 0.4) is 0 Å². The van der Waals surface area contributed by atoms with Gasteiger partial charge in [-0.15, -0.1) is 0 Å². The second-order valence-corrected chi connectivity index (χ2v) is 6.56. The molecule has 0 bridgehead atoms. The molecule has 2 aromatic rings. The number of rotatable bonds is 4. The Kier molecular flexibility index (Phi) is 5.28. The summed E-state index contributed by atoms with van der Waals surface area (Å²) in [6.45, 7) is 2.19. The number of nitrogens with one attached hydrogen (secondary N) is 1. The highest BCUT2D eigenvalue weighted by Crippen LogP contribution is 2.20. The van der Waals surface area contributed by atoms with Gasteiger partial charge in [0.1, 0.15) is 5.82 Å².